The van der Waals surface area contributed by atoms with Crippen LogP contribution >= 0.6 is 35.0 Å². The van der Waals surface area contributed by atoms with Gasteiger partial charge in [-0.3, -0.25) is 4.79 Å². The third-order valence-corrected chi connectivity index (χ3v) is 7.74. The van der Waals surface area contributed by atoms with E-state index in [1.54, 1.807) is 23.9 Å². The Bertz CT molecular complexity index is 1530. The molecule has 0 aliphatic rings. The number of fused-ring (bicyclic) bond motifs is 3. The van der Waals surface area contributed by atoms with E-state index in [0.717, 1.165) is 43.4 Å². The number of thioether (sulfide) groups is 1. The molecule has 6 heteroatoms. The molecule has 1 unspecified atom stereocenters. The van der Waals surface area contributed by atoms with Gasteiger partial charge in [-0.15, -0.1) is 11.8 Å². The van der Waals surface area contributed by atoms with Gasteiger partial charge in [0.2, 0.25) is 0 Å². The molecule has 1 N–H and O–H groups in total. The van der Waals surface area contributed by atoms with Crippen molar-refractivity contribution in [1.29, 1.82) is 0 Å². The lowest BCUT2D eigenvalue weighted by Crippen LogP contribution is -2.16. The highest BCUT2D eigenvalue weighted by Gasteiger charge is 2.26. The first-order chi connectivity index (χ1) is 17.0. The fraction of sp³-hybridized carbons (Fsp3) is 0.138. The maximum absolute atomic E-state index is 12.5. The molecule has 0 aliphatic carbocycles. The van der Waals surface area contributed by atoms with Gasteiger partial charge in [0.25, 0.3) is 0 Å². The lowest BCUT2D eigenvalue weighted by molar-refractivity contribution is -0.138. The number of halogens is 2. The second-order valence-electron chi connectivity index (χ2n) is 8.54. The molecule has 1 aromatic heterocycles. The van der Waals surface area contributed by atoms with Crippen molar-refractivity contribution < 1.29 is 9.90 Å². The summed E-state index contributed by atoms with van der Waals surface area (Å²) in [5.41, 5.74) is 5.08. The monoisotopic (exact) mass is 519 g/mol. The van der Waals surface area contributed by atoms with Gasteiger partial charge in [-0.05, 0) is 59.7 Å². The van der Waals surface area contributed by atoms with Crippen LogP contribution in [0.4, 0.5) is 0 Å². The van der Waals surface area contributed by atoms with Gasteiger partial charge in [0.05, 0.1) is 11.4 Å². The number of hydrogen-bond donors (Lipinski definition) is 1. The lowest BCUT2D eigenvalue weighted by Gasteiger charge is -2.19. The molecule has 3 nitrogen and oxygen atoms in total. The van der Waals surface area contributed by atoms with Crippen LogP contribution in [-0.4, -0.2) is 21.9 Å². The summed E-state index contributed by atoms with van der Waals surface area (Å²) < 4.78 is 2.30. The van der Waals surface area contributed by atoms with Gasteiger partial charge >= 0.3 is 5.97 Å². The van der Waals surface area contributed by atoms with Crippen molar-refractivity contribution in [3.05, 3.63) is 112 Å². The Balaban J connectivity index is 1.71. The number of aliphatic carboxylic acids is 1. The Morgan fingerprint density at radius 2 is 1.49 bits per heavy atom. The third-order valence-electron chi connectivity index (χ3n) is 6.40. The SMILES string of the molecule is CSc1c(C(Cc2ccc(Cl)cc2)C(=O)O)ccc2c3ccccc3n(Cc3ccc(Cl)cc3)c12. The third kappa shape index (κ3) is 4.66. The zero-order valence-corrected chi connectivity index (χ0v) is 21.4. The van der Waals surface area contributed by atoms with Crippen molar-refractivity contribution in [2.45, 2.75) is 23.8 Å². The summed E-state index contributed by atoms with van der Waals surface area (Å²) in [6.07, 6.45) is 2.41. The van der Waals surface area contributed by atoms with Crippen LogP contribution in [0.25, 0.3) is 21.8 Å². The van der Waals surface area contributed by atoms with Crippen LogP contribution in [0.3, 0.4) is 0 Å². The normalized spacial score (nSPS) is 12.3. The van der Waals surface area contributed by atoms with Crippen LogP contribution < -0.4 is 0 Å². The smallest absolute Gasteiger partial charge is 0.311 e. The molecule has 0 spiro atoms. The number of nitrogens with zero attached hydrogens (tertiary/aromatic N) is 1. The summed E-state index contributed by atoms with van der Waals surface area (Å²) >= 11 is 13.8. The highest BCUT2D eigenvalue weighted by Crippen LogP contribution is 2.40. The minimum absolute atomic E-state index is 0.392. The second-order valence-corrected chi connectivity index (χ2v) is 10.2. The summed E-state index contributed by atoms with van der Waals surface area (Å²) in [6.45, 7) is 0.660. The minimum Gasteiger partial charge on any atom is -0.481 e. The van der Waals surface area contributed by atoms with Gasteiger partial charge in [0, 0.05) is 37.8 Å². The summed E-state index contributed by atoms with van der Waals surface area (Å²) in [6, 6.07) is 27.7. The maximum atomic E-state index is 12.5. The van der Waals surface area contributed by atoms with Crippen molar-refractivity contribution in [1.82, 2.24) is 4.57 Å². The quantitative estimate of drug-likeness (QED) is 0.220. The summed E-state index contributed by atoms with van der Waals surface area (Å²) in [4.78, 5) is 13.5. The van der Waals surface area contributed by atoms with Crippen molar-refractivity contribution in [2.75, 3.05) is 6.26 Å². The summed E-state index contributed by atoms with van der Waals surface area (Å²) in [5, 5.41) is 13.9. The highest BCUT2D eigenvalue weighted by molar-refractivity contribution is 7.98. The molecule has 0 fully saturated rings. The molecule has 0 bridgehead atoms. The molecular weight excluding hydrogens is 497 g/mol. The molecule has 5 aromatic rings. The topological polar surface area (TPSA) is 42.2 Å². The number of carboxylic acid groups (broad SMARTS) is 1. The van der Waals surface area contributed by atoms with Crippen molar-refractivity contribution in [3.8, 4) is 0 Å². The number of carboxylic acids is 1. The van der Waals surface area contributed by atoms with Gasteiger partial charge in [0.15, 0.2) is 0 Å². The molecule has 35 heavy (non-hydrogen) atoms. The van der Waals surface area contributed by atoms with Crippen LogP contribution in [0.5, 0.6) is 0 Å². The van der Waals surface area contributed by atoms with Crippen molar-refractivity contribution in [3.63, 3.8) is 0 Å². The molecule has 176 valence electrons. The van der Waals surface area contributed by atoms with Crippen LogP contribution in [0.2, 0.25) is 10.0 Å². The molecule has 0 amide bonds. The lowest BCUT2D eigenvalue weighted by atomic mass is 9.91. The predicted octanol–water partition coefficient (Wildman–Crippen LogP) is 8.28. The molecule has 0 saturated carbocycles. The number of benzene rings is 4. The number of carbonyl (C=O) groups is 1. The summed E-state index contributed by atoms with van der Waals surface area (Å²) in [5.74, 6) is -1.51. The average Bonchev–Trinajstić information content (AvgIpc) is 3.18. The van der Waals surface area contributed by atoms with Gasteiger partial charge in [0.1, 0.15) is 0 Å². The average molecular weight is 520 g/mol. The first-order valence-corrected chi connectivity index (χ1v) is 13.2. The Labute approximate surface area is 218 Å². The molecule has 0 aliphatic heterocycles. The van der Waals surface area contributed by atoms with E-state index in [1.165, 1.54) is 0 Å². The van der Waals surface area contributed by atoms with E-state index in [9.17, 15) is 9.90 Å². The van der Waals surface area contributed by atoms with Gasteiger partial charge in [-0.25, -0.2) is 0 Å². The molecule has 1 heterocycles. The van der Waals surface area contributed by atoms with Crippen molar-refractivity contribution in [2.24, 2.45) is 0 Å². The van der Waals surface area contributed by atoms with Gasteiger partial charge in [-0.1, -0.05) is 77.8 Å². The van der Waals surface area contributed by atoms with E-state index in [-0.39, 0.29) is 0 Å². The number of hydrogen-bond acceptors (Lipinski definition) is 2. The van der Waals surface area contributed by atoms with Crippen LogP contribution in [0.1, 0.15) is 22.6 Å². The predicted molar refractivity (Wildman–Crippen MR) is 147 cm³/mol. The largest absolute Gasteiger partial charge is 0.481 e. The van der Waals surface area contributed by atoms with Gasteiger partial charge in [-0.2, -0.15) is 0 Å². The second kappa shape index (κ2) is 9.98. The molecule has 0 radical (unpaired) electrons. The fourth-order valence-corrected chi connectivity index (χ4v) is 5.85. The first-order valence-electron chi connectivity index (χ1n) is 11.3. The summed E-state index contributed by atoms with van der Waals surface area (Å²) in [7, 11) is 0. The Hall–Kier alpha value is -2.92. The van der Waals surface area contributed by atoms with E-state index in [2.05, 4.69) is 22.8 Å². The number of rotatable bonds is 7. The van der Waals surface area contributed by atoms with E-state index in [0.29, 0.717) is 23.0 Å². The van der Waals surface area contributed by atoms with Crippen LogP contribution in [-0.2, 0) is 17.8 Å². The van der Waals surface area contributed by atoms with E-state index >= 15 is 0 Å². The van der Waals surface area contributed by atoms with E-state index in [4.69, 9.17) is 23.2 Å². The molecule has 5 rings (SSSR count). The first kappa shape index (κ1) is 23.8. The zero-order valence-electron chi connectivity index (χ0n) is 19.0. The van der Waals surface area contributed by atoms with Crippen molar-refractivity contribution >= 4 is 62.7 Å². The Morgan fingerprint density at radius 1 is 0.857 bits per heavy atom. The fourth-order valence-electron chi connectivity index (χ4n) is 4.74. The maximum Gasteiger partial charge on any atom is 0.311 e. The van der Waals surface area contributed by atoms with Crippen LogP contribution in [0, 0.1) is 0 Å². The number of aromatic nitrogens is 1. The highest BCUT2D eigenvalue weighted by atomic mass is 35.5. The zero-order chi connectivity index (χ0) is 24.5. The Kier molecular flexibility index (Phi) is 6.79. The minimum atomic E-state index is -0.838. The van der Waals surface area contributed by atoms with Crippen LogP contribution in [0.15, 0.2) is 89.8 Å². The standard InChI is InChI=1S/C29H23Cl2NO2S/c1-35-28-24(25(29(33)34)16-18-6-10-20(30)11-7-18)15-14-23-22-4-2-3-5-26(22)32(27(23)28)17-19-8-12-21(31)13-9-19/h2-15,25H,16-17H2,1H3,(H,33,34). The number of para-hydroxylation sites is 1. The van der Waals surface area contributed by atoms with E-state index in [1.807, 2.05) is 60.9 Å². The Morgan fingerprint density at radius 3 is 2.11 bits per heavy atom. The molecule has 1 atom stereocenters. The molecular formula is C29H23Cl2NO2S. The van der Waals surface area contributed by atoms with Gasteiger partial charge < -0.3 is 9.67 Å². The molecule has 4 aromatic carbocycles. The van der Waals surface area contributed by atoms with E-state index < -0.39 is 11.9 Å². The molecule has 0 saturated heterocycles.